The van der Waals surface area contributed by atoms with Gasteiger partial charge in [0.25, 0.3) is 0 Å². The maximum absolute atomic E-state index is 7.00. The standard InChI is InChI=1S/C5H13NO.CH4O/c1-3-6-4-5-7-2;1-2/h6H,3-5H2,1-2H3;2H,1H3. The third kappa shape index (κ3) is 18.1. The van der Waals surface area contributed by atoms with Gasteiger partial charge in [-0.3, -0.25) is 0 Å². The molecule has 0 radical (unpaired) electrons. The largest absolute Gasteiger partial charge is 0.400 e. The first-order valence-electron chi connectivity index (χ1n) is 3.06. The predicted octanol–water partition coefficient (Wildman–Crippen LogP) is -0.149. The first-order chi connectivity index (χ1) is 4.41. The molecule has 0 aliphatic carbocycles. The Hall–Kier alpha value is -0.120. The molecule has 9 heavy (non-hydrogen) atoms. The number of nitrogens with one attached hydrogen (secondary N) is 1. The summed E-state index contributed by atoms with van der Waals surface area (Å²) >= 11 is 0. The van der Waals surface area contributed by atoms with Crippen LogP contribution in [0.2, 0.25) is 0 Å². The number of hydrogen-bond acceptors (Lipinski definition) is 3. The van der Waals surface area contributed by atoms with Crippen molar-refractivity contribution in [3.8, 4) is 0 Å². The zero-order valence-electron chi connectivity index (χ0n) is 6.48. The van der Waals surface area contributed by atoms with E-state index in [1.54, 1.807) is 7.11 Å². The van der Waals surface area contributed by atoms with Gasteiger partial charge in [0.05, 0.1) is 6.61 Å². The number of aliphatic hydroxyl groups excluding tert-OH is 1. The van der Waals surface area contributed by atoms with Gasteiger partial charge in [-0.25, -0.2) is 0 Å². The molecule has 2 N–H and O–H groups in total. The van der Waals surface area contributed by atoms with Gasteiger partial charge in [-0.2, -0.15) is 0 Å². The zero-order chi connectivity index (χ0) is 7.54. The van der Waals surface area contributed by atoms with E-state index in [0.717, 1.165) is 26.8 Å². The molecule has 0 unspecified atom stereocenters. The molecular weight excluding hydrogens is 118 g/mol. The van der Waals surface area contributed by atoms with Crippen LogP contribution in [-0.2, 0) is 4.74 Å². The van der Waals surface area contributed by atoms with Gasteiger partial charge in [0.15, 0.2) is 0 Å². The van der Waals surface area contributed by atoms with E-state index in [1.165, 1.54) is 0 Å². The minimum Gasteiger partial charge on any atom is -0.400 e. The van der Waals surface area contributed by atoms with Gasteiger partial charge in [-0.1, -0.05) is 6.92 Å². The molecule has 58 valence electrons. The van der Waals surface area contributed by atoms with Crippen LogP contribution in [0.15, 0.2) is 0 Å². The topological polar surface area (TPSA) is 41.5 Å². The Balaban J connectivity index is 0. The van der Waals surface area contributed by atoms with E-state index >= 15 is 0 Å². The molecule has 0 heterocycles. The van der Waals surface area contributed by atoms with Gasteiger partial charge >= 0.3 is 0 Å². The fourth-order valence-corrected chi connectivity index (χ4v) is 0.351. The van der Waals surface area contributed by atoms with Crippen molar-refractivity contribution in [3.05, 3.63) is 0 Å². The third-order valence-electron chi connectivity index (χ3n) is 0.733. The molecule has 0 aromatic carbocycles. The number of methoxy groups -OCH3 is 1. The molecule has 0 atom stereocenters. The van der Waals surface area contributed by atoms with Crippen LogP contribution < -0.4 is 5.32 Å². The maximum Gasteiger partial charge on any atom is 0.0587 e. The van der Waals surface area contributed by atoms with E-state index < -0.39 is 0 Å². The molecule has 0 aromatic heterocycles. The van der Waals surface area contributed by atoms with Crippen molar-refractivity contribution in [2.75, 3.05) is 33.9 Å². The normalized spacial score (nSPS) is 8.00. The Labute approximate surface area is 57.0 Å². The van der Waals surface area contributed by atoms with Crippen LogP contribution in [0.5, 0.6) is 0 Å². The second kappa shape index (κ2) is 15.7. The van der Waals surface area contributed by atoms with Gasteiger partial charge < -0.3 is 15.2 Å². The molecule has 0 saturated carbocycles. The van der Waals surface area contributed by atoms with E-state index in [-0.39, 0.29) is 0 Å². The Kier molecular flexibility index (Phi) is 20.3. The summed E-state index contributed by atoms with van der Waals surface area (Å²) in [6, 6.07) is 0. The minimum absolute atomic E-state index is 0.813. The summed E-state index contributed by atoms with van der Waals surface area (Å²) in [6.07, 6.45) is 0. The second-order valence-electron chi connectivity index (χ2n) is 1.35. The van der Waals surface area contributed by atoms with E-state index in [2.05, 4.69) is 12.2 Å². The van der Waals surface area contributed by atoms with Gasteiger partial charge in [-0.05, 0) is 6.54 Å². The van der Waals surface area contributed by atoms with Gasteiger partial charge in [-0.15, -0.1) is 0 Å². The van der Waals surface area contributed by atoms with E-state index in [9.17, 15) is 0 Å². The molecule has 0 rings (SSSR count). The monoisotopic (exact) mass is 135 g/mol. The van der Waals surface area contributed by atoms with Crippen molar-refractivity contribution in [2.45, 2.75) is 6.92 Å². The summed E-state index contributed by atoms with van der Waals surface area (Å²) in [5.74, 6) is 0. The molecule has 3 nitrogen and oxygen atoms in total. The van der Waals surface area contributed by atoms with E-state index in [1.807, 2.05) is 0 Å². The number of hydrogen-bond donors (Lipinski definition) is 2. The Bertz CT molecular complexity index is 30.2. The first kappa shape index (κ1) is 11.6. The summed E-state index contributed by atoms with van der Waals surface area (Å²) in [7, 11) is 2.71. The molecule has 0 aliphatic rings. The lowest BCUT2D eigenvalue weighted by Gasteiger charge is -1.96. The fourth-order valence-electron chi connectivity index (χ4n) is 0.351. The Morgan fingerprint density at radius 1 is 1.44 bits per heavy atom. The van der Waals surface area contributed by atoms with Crippen molar-refractivity contribution in [1.82, 2.24) is 5.32 Å². The van der Waals surface area contributed by atoms with Gasteiger partial charge in [0.2, 0.25) is 0 Å². The molecule has 0 bridgehead atoms. The van der Waals surface area contributed by atoms with Crippen molar-refractivity contribution in [2.24, 2.45) is 0 Å². The predicted molar refractivity (Wildman–Crippen MR) is 38.6 cm³/mol. The van der Waals surface area contributed by atoms with Gasteiger partial charge in [0, 0.05) is 20.8 Å². The number of rotatable bonds is 4. The molecule has 0 spiro atoms. The molecule has 3 heteroatoms. The minimum atomic E-state index is 0.813. The summed E-state index contributed by atoms with van der Waals surface area (Å²) in [4.78, 5) is 0. The van der Waals surface area contributed by atoms with Crippen LogP contribution in [0.3, 0.4) is 0 Å². The first-order valence-corrected chi connectivity index (χ1v) is 3.06. The highest BCUT2D eigenvalue weighted by Crippen LogP contribution is 1.61. The van der Waals surface area contributed by atoms with Crippen molar-refractivity contribution in [1.29, 1.82) is 0 Å². The highest BCUT2D eigenvalue weighted by Gasteiger charge is 1.76. The van der Waals surface area contributed by atoms with Crippen LogP contribution in [0.25, 0.3) is 0 Å². The number of aliphatic hydroxyl groups is 1. The molecule has 0 aromatic rings. The average molecular weight is 135 g/mol. The van der Waals surface area contributed by atoms with Crippen LogP contribution in [0.1, 0.15) is 6.92 Å². The summed E-state index contributed by atoms with van der Waals surface area (Å²) in [5, 5.41) is 10.1. The maximum atomic E-state index is 7.00. The van der Waals surface area contributed by atoms with E-state index in [0.29, 0.717) is 0 Å². The molecule has 0 saturated heterocycles. The van der Waals surface area contributed by atoms with Crippen LogP contribution >= 0.6 is 0 Å². The lowest BCUT2D eigenvalue weighted by atomic mass is 10.6. The second-order valence-corrected chi connectivity index (χ2v) is 1.35. The highest BCUT2D eigenvalue weighted by molar-refractivity contribution is 4.36. The molecular formula is C6H17NO2. The van der Waals surface area contributed by atoms with Crippen molar-refractivity contribution < 1.29 is 9.84 Å². The molecule has 0 aliphatic heterocycles. The summed E-state index contributed by atoms with van der Waals surface area (Å²) in [5.41, 5.74) is 0. The molecule has 0 fully saturated rings. The van der Waals surface area contributed by atoms with Crippen molar-refractivity contribution >= 4 is 0 Å². The summed E-state index contributed by atoms with van der Waals surface area (Å²) < 4.78 is 4.78. The zero-order valence-corrected chi connectivity index (χ0v) is 6.48. The highest BCUT2D eigenvalue weighted by atomic mass is 16.5. The quantitative estimate of drug-likeness (QED) is 0.527. The SMILES string of the molecule is CCNCCOC.CO. The van der Waals surface area contributed by atoms with Crippen LogP contribution in [0, 0.1) is 0 Å². The van der Waals surface area contributed by atoms with Crippen molar-refractivity contribution in [3.63, 3.8) is 0 Å². The number of ether oxygens (including phenoxy) is 1. The lowest BCUT2D eigenvalue weighted by Crippen LogP contribution is -2.17. The van der Waals surface area contributed by atoms with Gasteiger partial charge in [0.1, 0.15) is 0 Å². The Morgan fingerprint density at radius 3 is 2.33 bits per heavy atom. The molecule has 0 amide bonds. The average Bonchev–Trinajstić information content (AvgIpc) is 1.94. The number of likely N-dealkylation sites (N-methyl/N-ethyl adjacent to an activating group) is 1. The van der Waals surface area contributed by atoms with E-state index in [4.69, 9.17) is 9.84 Å². The van der Waals surface area contributed by atoms with Crippen LogP contribution in [0.4, 0.5) is 0 Å². The lowest BCUT2D eigenvalue weighted by molar-refractivity contribution is 0.200. The third-order valence-corrected chi connectivity index (χ3v) is 0.733. The summed E-state index contributed by atoms with van der Waals surface area (Å²) in [6.45, 7) is 4.89. The Morgan fingerprint density at radius 2 is 2.00 bits per heavy atom. The van der Waals surface area contributed by atoms with Crippen LogP contribution in [-0.4, -0.2) is 39.0 Å². The fraction of sp³-hybridized carbons (Fsp3) is 1.00. The smallest absolute Gasteiger partial charge is 0.0587 e.